The van der Waals surface area contributed by atoms with Gasteiger partial charge in [-0.2, -0.15) is 4.39 Å². The fourth-order valence-corrected chi connectivity index (χ4v) is 1.74. The van der Waals surface area contributed by atoms with Crippen LogP contribution in [0.1, 0.15) is 22.5 Å². The molecule has 0 aliphatic rings. The number of aliphatic carboxylic acids is 1. The number of hydrogen-bond acceptors (Lipinski definition) is 3. The summed E-state index contributed by atoms with van der Waals surface area (Å²) in [5, 5.41) is 11.2. The van der Waals surface area contributed by atoms with Gasteiger partial charge in [0.15, 0.2) is 0 Å². The number of aryl methyl sites for hydroxylation is 1. The minimum atomic E-state index is -0.857. The standard InChI is InChI=1S/C15H13FN2O3/c16-13-3-1-2-12(18-13)15(21)17-11-7-4-10(5-8-11)6-9-14(19)20/h1-5,7-8H,6,9H2,(H,17,21)(H,19,20). The molecule has 1 amide bonds. The van der Waals surface area contributed by atoms with Gasteiger partial charge in [0.2, 0.25) is 5.95 Å². The summed E-state index contributed by atoms with van der Waals surface area (Å²) in [6, 6.07) is 10.8. The van der Waals surface area contributed by atoms with E-state index in [9.17, 15) is 14.0 Å². The summed E-state index contributed by atoms with van der Waals surface area (Å²) >= 11 is 0. The predicted octanol–water partition coefficient (Wildman–Crippen LogP) is 2.49. The molecule has 108 valence electrons. The minimum absolute atomic E-state index is 0.00930. The molecule has 2 rings (SSSR count). The topological polar surface area (TPSA) is 79.3 Å². The van der Waals surface area contributed by atoms with Gasteiger partial charge in [-0.25, -0.2) is 4.98 Å². The van der Waals surface area contributed by atoms with Gasteiger partial charge in [-0.05, 0) is 36.2 Å². The van der Waals surface area contributed by atoms with Crippen LogP contribution >= 0.6 is 0 Å². The van der Waals surface area contributed by atoms with Crippen molar-refractivity contribution in [3.8, 4) is 0 Å². The number of benzene rings is 1. The van der Waals surface area contributed by atoms with Crippen molar-refractivity contribution in [3.05, 3.63) is 59.7 Å². The van der Waals surface area contributed by atoms with Crippen molar-refractivity contribution in [3.63, 3.8) is 0 Å². The second-order valence-corrected chi connectivity index (χ2v) is 4.39. The summed E-state index contributed by atoms with van der Waals surface area (Å²) in [4.78, 5) is 25.8. The van der Waals surface area contributed by atoms with E-state index in [-0.39, 0.29) is 12.1 Å². The van der Waals surface area contributed by atoms with E-state index in [1.807, 2.05) is 0 Å². The first kappa shape index (κ1) is 14.6. The zero-order valence-corrected chi connectivity index (χ0v) is 11.0. The van der Waals surface area contributed by atoms with Gasteiger partial charge in [0.1, 0.15) is 5.69 Å². The summed E-state index contributed by atoms with van der Waals surface area (Å²) in [5.74, 6) is -2.08. The van der Waals surface area contributed by atoms with Crippen LogP contribution in [0.4, 0.5) is 10.1 Å². The number of hydrogen-bond donors (Lipinski definition) is 2. The number of carboxylic acids is 1. The lowest BCUT2D eigenvalue weighted by Gasteiger charge is -2.06. The van der Waals surface area contributed by atoms with Gasteiger partial charge in [0, 0.05) is 12.1 Å². The van der Waals surface area contributed by atoms with Crippen LogP contribution in [0, 0.1) is 5.95 Å². The molecule has 0 aliphatic heterocycles. The van der Waals surface area contributed by atoms with Gasteiger partial charge in [-0.3, -0.25) is 9.59 Å². The molecule has 1 aromatic carbocycles. The number of nitrogens with one attached hydrogen (secondary N) is 1. The highest BCUT2D eigenvalue weighted by molar-refractivity contribution is 6.02. The Morgan fingerprint density at radius 2 is 1.86 bits per heavy atom. The summed E-state index contributed by atoms with van der Waals surface area (Å²) in [6.07, 6.45) is 0.480. The number of nitrogens with zero attached hydrogens (tertiary/aromatic N) is 1. The van der Waals surface area contributed by atoms with Crippen LogP contribution in [0.15, 0.2) is 42.5 Å². The molecule has 0 fully saturated rings. The number of rotatable bonds is 5. The van der Waals surface area contributed by atoms with Crippen molar-refractivity contribution in [2.75, 3.05) is 5.32 Å². The zero-order valence-electron chi connectivity index (χ0n) is 11.0. The van der Waals surface area contributed by atoms with Crippen LogP contribution in [0.25, 0.3) is 0 Å². The number of aromatic nitrogens is 1. The maximum atomic E-state index is 12.9. The molecule has 0 radical (unpaired) electrons. The predicted molar refractivity (Wildman–Crippen MR) is 74.5 cm³/mol. The summed E-state index contributed by atoms with van der Waals surface area (Å²) in [5.41, 5.74) is 1.38. The fourth-order valence-electron chi connectivity index (χ4n) is 1.74. The molecular formula is C15H13FN2O3. The Morgan fingerprint density at radius 3 is 2.48 bits per heavy atom. The lowest BCUT2D eigenvalue weighted by atomic mass is 10.1. The molecule has 0 spiro atoms. The molecule has 2 aromatic rings. The van der Waals surface area contributed by atoms with Crippen LogP contribution in [0.5, 0.6) is 0 Å². The Hall–Kier alpha value is -2.76. The first-order valence-corrected chi connectivity index (χ1v) is 6.29. The minimum Gasteiger partial charge on any atom is -0.481 e. The molecule has 0 saturated carbocycles. The molecule has 1 heterocycles. The third-order valence-corrected chi connectivity index (χ3v) is 2.79. The lowest BCUT2D eigenvalue weighted by Crippen LogP contribution is -2.14. The van der Waals surface area contributed by atoms with Crippen LogP contribution in [0.3, 0.4) is 0 Å². The molecule has 0 atom stereocenters. The van der Waals surface area contributed by atoms with Gasteiger partial charge in [-0.1, -0.05) is 18.2 Å². The number of amides is 1. The van der Waals surface area contributed by atoms with Gasteiger partial charge in [0.05, 0.1) is 0 Å². The first-order chi connectivity index (χ1) is 10.0. The number of anilines is 1. The zero-order chi connectivity index (χ0) is 15.2. The monoisotopic (exact) mass is 288 g/mol. The van der Waals surface area contributed by atoms with E-state index in [4.69, 9.17) is 5.11 Å². The fraction of sp³-hybridized carbons (Fsp3) is 0.133. The van der Waals surface area contributed by atoms with Gasteiger partial charge < -0.3 is 10.4 Å². The Balaban J connectivity index is 2.00. The number of carbonyl (C=O) groups is 2. The van der Waals surface area contributed by atoms with Gasteiger partial charge >= 0.3 is 5.97 Å². The average molecular weight is 288 g/mol. The molecule has 1 aromatic heterocycles. The second-order valence-electron chi connectivity index (χ2n) is 4.39. The largest absolute Gasteiger partial charge is 0.481 e. The third-order valence-electron chi connectivity index (χ3n) is 2.79. The van der Waals surface area contributed by atoms with E-state index in [1.54, 1.807) is 24.3 Å². The molecule has 21 heavy (non-hydrogen) atoms. The average Bonchev–Trinajstić information content (AvgIpc) is 2.46. The number of pyridine rings is 1. The Morgan fingerprint density at radius 1 is 1.14 bits per heavy atom. The van der Waals surface area contributed by atoms with E-state index >= 15 is 0 Å². The Labute approximate surface area is 120 Å². The maximum absolute atomic E-state index is 12.9. The van der Waals surface area contributed by atoms with E-state index < -0.39 is 17.8 Å². The number of carboxylic acid groups (broad SMARTS) is 1. The highest BCUT2D eigenvalue weighted by atomic mass is 19.1. The van der Waals surface area contributed by atoms with E-state index in [2.05, 4.69) is 10.3 Å². The van der Waals surface area contributed by atoms with E-state index in [0.29, 0.717) is 12.1 Å². The molecule has 2 N–H and O–H groups in total. The van der Waals surface area contributed by atoms with Crippen molar-refractivity contribution in [2.45, 2.75) is 12.8 Å². The number of carbonyl (C=O) groups excluding carboxylic acids is 1. The van der Waals surface area contributed by atoms with Crippen LogP contribution in [-0.2, 0) is 11.2 Å². The smallest absolute Gasteiger partial charge is 0.303 e. The third kappa shape index (κ3) is 4.38. The van der Waals surface area contributed by atoms with Crippen LogP contribution in [0.2, 0.25) is 0 Å². The lowest BCUT2D eigenvalue weighted by molar-refractivity contribution is -0.136. The molecular weight excluding hydrogens is 275 g/mol. The highest BCUT2D eigenvalue weighted by Gasteiger charge is 2.08. The maximum Gasteiger partial charge on any atom is 0.303 e. The number of halogens is 1. The van der Waals surface area contributed by atoms with Crippen molar-refractivity contribution in [1.29, 1.82) is 0 Å². The van der Waals surface area contributed by atoms with Crippen molar-refractivity contribution in [2.24, 2.45) is 0 Å². The molecule has 0 aliphatic carbocycles. The SMILES string of the molecule is O=C(O)CCc1ccc(NC(=O)c2cccc(F)n2)cc1. The molecule has 0 saturated heterocycles. The molecule has 0 unspecified atom stereocenters. The van der Waals surface area contributed by atoms with Crippen molar-refractivity contribution < 1.29 is 19.1 Å². The van der Waals surface area contributed by atoms with E-state index in [0.717, 1.165) is 11.6 Å². The highest BCUT2D eigenvalue weighted by Crippen LogP contribution is 2.12. The normalized spacial score (nSPS) is 10.1. The Kier molecular flexibility index (Phi) is 4.61. The quantitative estimate of drug-likeness (QED) is 0.828. The van der Waals surface area contributed by atoms with Crippen LogP contribution in [-0.4, -0.2) is 22.0 Å². The second kappa shape index (κ2) is 6.60. The van der Waals surface area contributed by atoms with Crippen LogP contribution < -0.4 is 5.32 Å². The van der Waals surface area contributed by atoms with Gasteiger partial charge in [-0.15, -0.1) is 0 Å². The molecule has 0 bridgehead atoms. The summed E-state index contributed by atoms with van der Waals surface area (Å²) in [6.45, 7) is 0. The summed E-state index contributed by atoms with van der Waals surface area (Å²) in [7, 11) is 0. The summed E-state index contributed by atoms with van der Waals surface area (Å²) < 4.78 is 12.9. The van der Waals surface area contributed by atoms with Gasteiger partial charge in [0.25, 0.3) is 5.91 Å². The Bertz CT molecular complexity index is 656. The molecule has 6 heteroatoms. The first-order valence-electron chi connectivity index (χ1n) is 6.29. The molecule has 5 nitrogen and oxygen atoms in total. The van der Waals surface area contributed by atoms with E-state index in [1.165, 1.54) is 12.1 Å². The van der Waals surface area contributed by atoms with Crippen molar-refractivity contribution in [1.82, 2.24) is 4.98 Å². The van der Waals surface area contributed by atoms with Crippen molar-refractivity contribution >= 4 is 17.6 Å².